The van der Waals surface area contributed by atoms with E-state index in [1.165, 1.54) is 30.5 Å². The Morgan fingerprint density at radius 3 is 2.89 bits per heavy atom. The first-order valence-corrected chi connectivity index (χ1v) is 7.75. The monoisotopic (exact) mass is 280 g/mol. The van der Waals surface area contributed by atoms with E-state index in [1.807, 2.05) is 7.05 Å². The van der Waals surface area contributed by atoms with Crippen molar-refractivity contribution in [3.05, 3.63) is 28.8 Å². The Balaban J connectivity index is 2.16. The molecular formula is C16H25ClN2. The fraction of sp³-hybridized carbons (Fsp3) is 0.625. The van der Waals surface area contributed by atoms with E-state index in [0.29, 0.717) is 6.04 Å². The van der Waals surface area contributed by atoms with Crippen LogP contribution in [0.2, 0.25) is 5.02 Å². The minimum absolute atomic E-state index is 0.344. The maximum atomic E-state index is 6.49. The van der Waals surface area contributed by atoms with E-state index in [2.05, 4.69) is 42.3 Å². The fourth-order valence-corrected chi connectivity index (χ4v) is 3.14. The number of anilines is 1. The summed E-state index contributed by atoms with van der Waals surface area (Å²) in [6.45, 7) is 6.72. The number of hydrogen-bond acceptors (Lipinski definition) is 2. The topological polar surface area (TPSA) is 15.3 Å². The molecule has 1 aromatic carbocycles. The second-order valence-electron chi connectivity index (χ2n) is 5.58. The smallest absolute Gasteiger partial charge is 0.0642 e. The fourth-order valence-electron chi connectivity index (χ4n) is 2.83. The average molecular weight is 281 g/mol. The molecule has 0 aliphatic carbocycles. The van der Waals surface area contributed by atoms with Crippen LogP contribution in [-0.2, 0) is 0 Å². The summed E-state index contributed by atoms with van der Waals surface area (Å²) in [5.41, 5.74) is 2.45. The number of hydrogen-bond donors (Lipinski definition) is 1. The van der Waals surface area contributed by atoms with Crippen molar-refractivity contribution in [2.75, 3.05) is 25.0 Å². The summed E-state index contributed by atoms with van der Waals surface area (Å²) in [7, 11) is 1.98. The third-order valence-electron chi connectivity index (χ3n) is 4.34. The van der Waals surface area contributed by atoms with Crippen LogP contribution in [0.3, 0.4) is 0 Å². The summed E-state index contributed by atoms with van der Waals surface area (Å²) in [6, 6.07) is 6.83. The molecule has 1 aliphatic rings. The molecule has 1 fully saturated rings. The lowest BCUT2D eigenvalue weighted by Gasteiger charge is -2.34. The Morgan fingerprint density at radius 1 is 1.47 bits per heavy atom. The Kier molecular flexibility index (Phi) is 5.12. The summed E-state index contributed by atoms with van der Waals surface area (Å²) < 4.78 is 0. The van der Waals surface area contributed by atoms with Crippen LogP contribution in [-0.4, -0.2) is 20.1 Å². The van der Waals surface area contributed by atoms with Crippen LogP contribution in [0.25, 0.3) is 0 Å². The molecule has 1 aliphatic heterocycles. The predicted octanol–water partition coefficient (Wildman–Crippen LogP) is 4.25. The van der Waals surface area contributed by atoms with Crippen molar-refractivity contribution in [2.24, 2.45) is 5.92 Å². The molecule has 2 rings (SSSR count). The van der Waals surface area contributed by atoms with Crippen molar-refractivity contribution in [1.29, 1.82) is 0 Å². The first-order valence-electron chi connectivity index (χ1n) is 7.37. The van der Waals surface area contributed by atoms with Crippen LogP contribution in [0.15, 0.2) is 18.2 Å². The molecule has 0 amide bonds. The molecule has 1 aromatic rings. The maximum Gasteiger partial charge on any atom is 0.0642 e. The number of rotatable bonds is 4. The number of nitrogens with one attached hydrogen (secondary N) is 1. The van der Waals surface area contributed by atoms with Crippen LogP contribution in [0.1, 0.15) is 44.7 Å². The van der Waals surface area contributed by atoms with Crippen LogP contribution in [0.4, 0.5) is 5.69 Å². The van der Waals surface area contributed by atoms with Gasteiger partial charge < -0.3 is 10.2 Å². The molecule has 2 atom stereocenters. The summed E-state index contributed by atoms with van der Waals surface area (Å²) in [5.74, 6) is 0.820. The molecule has 1 heterocycles. The zero-order valence-electron chi connectivity index (χ0n) is 12.2. The summed E-state index contributed by atoms with van der Waals surface area (Å²) in [4.78, 5) is 2.45. The van der Waals surface area contributed by atoms with Gasteiger partial charge in [-0.05, 0) is 50.4 Å². The third kappa shape index (κ3) is 3.43. The summed E-state index contributed by atoms with van der Waals surface area (Å²) >= 11 is 6.49. The molecule has 2 unspecified atom stereocenters. The lowest BCUT2D eigenvalue weighted by molar-refractivity contribution is 0.405. The molecule has 0 saturated carbocycles. The van der Waals surface area contributed by atoms with Crippen molar-refractivity contribution in [3.63, 3.8) is 0 Å². The van der Waals surface area contributed by atoms with E-state index in [0.717, 1.165) is 24.0 Å². The van der Waals surface area contributed by atoms with Crippen molar-refractivity contribution in [1.82, 2.24) is 5.32 Å². The van der Waals surface area contributed by atoms with Crippen molar-refractivity contribution in [2.45, 2.75) is 39.2 Å². The number of piperidine rings is 1. The molecule has 19 heavy (non-hydrogen) atoms. The number of benzene rings is 1. The lowest BCUT2D eigenvalue weighted by Crippen LogP contribution is -2.35. The molecule has 0 aromatic heterocycles. The molecular weight excluding hydrogens is 256 g/mol. The van der Waals surface area contributed by atoms with E-state index in [4.69, 9.17) is 11.6 Å². The average Bonchev–Trinajstić information content (AvgIpc) is 2.46. The second kappa shape index (κ2) is 6.62. The SMILES string of the molecule is CCC1CCCN(c2ccc(C(C)NC)cc2Cl)C1. The molecule has 106 valence electrons. The molecule has 0 radical (unpaired) electrons. The predicted molar refractivity (Wildman–Crippen MR) is 84.2 cm³/mol. The highest BCUT2D eigenvalue weighted by Crippen LogP contribution is 2.32. The van der Waals surface area contributed by atoms with E-state index < -0.39 is 0 Å². The van der Waals surface area contributed by atoms with Gasteiger partial charge in [0.25, 0.3) is 0 Å². The van der Waals surface area contributed by atoms with Gasteiger partial charge in [-0.2, -0.15) is 0 Å². The molecule has 3 heteroatoms. The van der Waals surface area contributed by atoms with Crippen molar-refractivity contribution >= 4 is 17.3 Å². The van der Waals surface area contributed by atoms with Crippen molar-refractivity contribution < 1.29 is 0 Å². The normalized spacial score (nSPS) is 21.5. The van der Waals surface area contributed by atoms with Crippen LogP contribution < -0.4 is 10.2 Å². The van der Waals surface area contributed by atoms with Gasteiger partial charge in [-0.1, -0.05) is 31.0 Å². The summed E-state index contributed by atoms with van der Waals surface area (Å²) in [6.07, 6.45) is 3.91. The second-order valence-corrected chi connectivity index (χ2v) is 5.99. The molecule has 1 saturated heterocycles. The first kappa shape index (κ1) is 14.7. The van der Waals surface area contributed by atoms with Gasteiger partial charge in [0.05, 0.1) is 10.7 Å². The Bertz CT molecular complexity index is 419. The van der Waals surface area contributed by atoms with E-state index in [9.17, 15) is 0 Å². The van der Waals surface area contributed by atoms with Gasteiger partial charge in [0, 0.05) is 19.1 Å². The lowest BCUT2D eigenvalue weighted by atomic mass is 9.95. The van der Waals surface area contributed by atoms with Crippen LogP contribution >= 0.6 is 11.6 Å². The zero-order valence-corrected chi connectivity index (χ0v) is 13.0. The summed E-state index contributed by atoms with van der Waals surface area (Å²) in [5, 5.41) is 4.14. The zero-order chi connectivity index (χ0) is 13.8. The molecule has 1 N–H and O–H groups in total. The van der Waals surface area contributed by atoms with Gasteiger partial charge in [-0.25, -0.2) is 0 Å². The highest BCUT2D eigenvalue weighted by atomic mass is 35.5. The minimum Gasteiger partial charge on any atom is -0.370 e. The van der Waals surface area contributed by atoms with Gasteiger partial charge in [-0.3, -0.25) is 0 Å². The van der Waals surface area contributed by atoms with E-state index in [1.54, 1.807) is 0 Å². The van der Waals surface area contributed by atoms with E-state index >= 15 is 0 Å². The Morgan fingerprint density at radius 2 is 2.26 bits per heavy atom. The highest BCUT2D eigenvalue weighted by molar-refractivity contribution is 6.33. The van der Waals surface area contributed by atoms with E-state index in [-0.39, 0.29) is 0 Å². The van der Waals surface area contributed by atoms with Crippen LogP contribution in [0, 0.1) is 5.92 Å². The van der Waals surface area contributed by atoms with Gasteiger partial charge >= 0.3 is 0 Å². The Labute approximate surface area is 122 Å². The molecule has 0 spiro atoms. The van der Waals surface area contributed by atoms with Gasteiger partial charge in [-0.15, -0.1) is 0 Å². The van der Waals surface area contributed by atoms with Gasteiger partial charge in [0.15, 0.2) is 0 Å². The van der Waals surface area contributed by atoms with Gasteiger partial charge in [0.1, 0.15) is 0 Å². The molecule has 0 bridgehead atoms. The van der Waals surface area contributed by atoms with Gasteiger partial charge in [0.2, 0.25) is 0 Å². The molecule has 2 nitrogen and oxygen atoms in total. The quantitative estimate of drug-likeness (QED) is 0.887. The highest BCUT2D eigenvalue weighted by Gasteiger charge is 2.20. The number of halogens is 1. The minimum atomic E-state index is 0.344. The Hall–Kier alpha value is -0.730. The third-order valence-corrected chi connectivity index (χ3v) is 4.64. The largest absolute Gasteiger partial charge is 0.370 e. The van der Waals surface area contributed by atoms with Crippen LogP contribution in [0.5, 0.6) is 0 Å². The number of nitrogens with zero attached hydrogens (tertiary/aromatic N) is 1. The van der Waals surface area contributed by atoms with Crippen molar-refractivity contribution in [3.8, 4) is 0 Å². The standard InChI is InChI=1S/C16H25ClN2/c1-4-13-6-5-9-19(11-13)16-8-7-14(10-15(16)17)12(2)18-3/h7-8,10,12-13,18H,4-6,9,11H2,1-3H3. The maximum absolute atomic E-state index is 6.49. The first-order chi connectivity index (χ1) is 9.15.